The second-order valence-corrected chi connectivity index (χ2v) is 5.45. The number of aliphatic carboxylic acids is 1. The van der Waals surface area contributed by atoms with Crippen molar-refractivity contribution in [2.75, 3.05) is 0 Å². The largest absolute Gasteiger partial charge is 0.481 e. The Hall–Kier alpha value is -1.82. The van der Waals surface area contributed by atoms with E-state index in [4.69, 9.17) is 5.11 Å². The number of carboxylic acid groups (broad SMARTS) is 1. The Bertz CT molecular complexity index is 788. The highest BCUT2D eigenvalue weighted by Gasteiger charge is 2.11. The van der Waals surface area contributed by atoms with Crippen LogP contribution in [0.4, 0.5) is 0 Å². The van der Waals surface area contributed by atoms with Crippen LogP contribution >= 0.6 is 15.9 Å². The van der Waals surface area contributed by atoms with Gasteiger partial charge < -0.3 is 10.1 Å². The van der Waals surface area contributed by atoms with Crippen molar-refractivity contribution in [2.45, 2.75) is 19.8 Å². The predicted octanol–water partition coefficient (Wildman–Crippen LogP) is 2.90. The molecule has 0 saturated carbocycles. The molecule has 0 radical (unpaired) electrons. The summed E-state index contributed by atoms with van der Waals surface area (Å²) in [4.78, 5) is 18.3. The number of halogens is 1. The molecular weight excluding hydrogens is 310 g/mol. The molecule has 0 bridgehead atoms. The maximum Gasteiger partial charge on any atom is 0.303 e. The summed E-state index contributed by atoms with van der Waals surface area (Å²) in [5.41, 5.74) is 3.94. The molecule has 0 spiro atoms. The van der Waals surface area contributed by atoms with Crippen molar-refractivity contribution in [1.29, 1.82) is 0 Å². The van der Waals surface area contributed by atoms with Gasteiger partial charge in [-0.3, -0.25) is 9.20 Å². The lowest BCUT2D eigenvalue weighted by Crippen LogP contribution is -1.97. The van der Waals surface area contributed by atoms with Crippen LogP contribution in [-0.2, 0) is 11.2 Å². The van der Waals surface area contributed by atoms with Crippen LogP contribution in [0.15, 0.2) is 22.8 Å². The van der Waals surface area contributed by atoms with Crippen molar-refractivity contribution in [1.82, 2.24) is 14.4 Å². The molecule has 3 rings (SSSR count). The number of aryl methyl sites for hydroxylation is 2. The highest BCUT2D eigenvalue weighted by molar-refractivity contribution is 9.10. The first-order valence-electron chi connectivity index (χ1n) is 5.92. The number of imidazole rings is 2. The molecule has 0 atom stereocenters. The number of carbonyl (C=O) groups is 1. The number of carboxylic acids is 1. The number of H-pyrrole nitrogens is 1. The van der Waals surface area contributed by atoms with Crippen LogP contribution in [0.3, 0.4) is 0 Å². The van der Waals surface area contributed by atoms with Crippen LogP contribution in [0.25, 0.3) is 16.8 Å². The van der Waals surface area contributed by atoms with Crippen LogP contribution in [0.2, 0.25) is 0 Å². The fraction of sp³-hybridized carbons (Fsp3) is 0.231. The molecule has 0 aliphatic carbocycles. The molecule has 0 amide bonds. The molecule has 2 heterocycles. The molecule has 98 valence electrons. The molecule has 5 nitrogen and oxygen atoms in total. The number of benzene rings is 1. The number of nitrogens with zero attached hydrogens (tertiary/aromatic N) is 2. The van der Waals surface area contributed by atoms with E-state index in [2.05, 4.69) is 32.0 Å². The predicted molar refractivity (Wildman–Crippen MR) is 75.4 cm³/mol. The van der Waals surface area contributed by atoms with Gasteiger partial charge in [0.2, 0.25) is 5.78 Å². The van der Waals surface area contributed by atoms with Crippen molar-refractivity contribution < 1.29 is 9.90 Å². The molecule has 0 aliphatic heterocycles. The Morgan fingerprint density at radius 2 is 2.32 bits per heavy atom. The minimum Gasteiger partial charge on any atom is -0.481 e. The summed E-state index contributed by atoms with van der Waals surface area (Å²) >= 11 is 3.51. The zero-order valence-corrected chi connectivity index (χ0v) is 11.9. The molecule has 19 heavy (non-hydrogen) atoms. The second kappa shape index (κ2) is 4.38. The highest BCUT2D eigenvalue weighted by Crippen LogP contribution is 2.26. The van der Waals surface area contributed by atoms with Crippen molar-refractivity contribution in [3.8, 4) is 0 Å². The summed E-state index contributed by atoms with van der Waals surface area (Å²) in [6, 6.07) is 4.09. The third-order valence-electron chi connectivity index (χ3n) is 3.06. The lowest BCUT2D eigenvalue weighted by atomic mass is 10.2. The standard InChI is InChI=1S/C13H12BrN3O2/c1-7-4-9(14)12-10(5-7)17-6-8(2-3-11(18)19)15-13(17)16-12/h4-6H,2-3H2,1H3,(H,15,16)(H,18,19). The first kappa shape index (κ1) is 12.2. The minimum atomic E-state index is -0.796. The molecule has 0 unspecified atom stereocenters. The van der Waals surface area contributed by atoms with E-state index in [9.17, 15) is 4.79 Å². The lowest BCUT2D eigenvalue weighted by Gasteiger charge is -1.97. The SMILES string of the molecule is Cc1cc(Br)c2nc3[nH]c(CCC(=O)O)cn3c2c1. The summed E-state index contributed by atoms with van der Waals surface area (Å²) in [5.74, 6) is -0.0580. The fourth-order valence-corrected chi connectivity index (χ4v) is 2.86. The molecule has 3 aromatic rings. The van der Waals surface area contributed by atoms with E-state index in [1.54, 1.807) is 0 Å². The fourth-order valence-electron chi connectivity index (χ4n) is 2.20. The van der Waals surface area contributed by atoms with Crippen molar-refractivity contribution in [3.05, 3.63) is 34.1 Å². The van der Waals surface area contributed by atoms with Gasteiger partial charge in [-0.15, -0.1) is 0 Å². The van der Waals surface area contributed by atoms with E-state index in [0.717, 1.165) is 32.5 Å². The molecule has 0 fully saturated rings. The van der Waals surface area contributed by atoms with Crippen LogP contribution in [0.1, 0.15) is 17.7 Å². The number of nitrogens with one attached hydrogen (secondary N) is 1. The van der Waals surface area contributed by atoms with Crippen LogP contribution < -0.4 is 0 Å². The van der Waals surface area contributed by atoms with Gasteiger partial charge in [0.15, 0.2) is 0 Å². The zero-order valence-electron chi connectivity index (χ0n) is 10.3. The van der Waals surface area contributed by atoms with E-state index < -0.39 is 5.97 Å². The molecule has 2 aromatic heterocycles. The van der Waals surface area contributed by atoms with Gasteiger partial charge in [0.1, 0.15) is 5.52 Å². The van der Waals surface area contributed by atoms with Gasteiger partial charge in [-0.2, -0.15) is 0 Å². The first-order chi connectivity index (χ1) is 9.04. The van der Waals surface area contributed by atoms with E-state index in [1.165, 1.54) is 0 Å². The van der Waals surface area contributed by atoms with Crippen LogP contribution in [0.5, 0.6) is 0 Å². The quantitative estimate of drug-likeness (QED) is 0.779. The summed E-state index contributed by atoms with van der Waals surface area (Å²) in [6.45, 7) is 2.03. The van der Waals surface area contributed by atoms with Crippen molar-refractivity contribution >= 4 is 38.7 Å². The Balaban J connectivity index is 2.11. The van der Waals surface area contributed by atoms with Gasteiger partial charge >= 0.3 is 5.97 Å². The average Bonchev–Trinajstić information content (AvgIpc) is 2.85. The average molecular weight is 322 g/mol. The third-order valence-corrected chi connectivity index (χ3v) is 3.66. The maximum atomic E-state index is 10.6. The number of rotatable bonds is 3. The molecule has 2 N–H and O–H groups in total. The lowest BCUT2D eigenvalue weighted by molar-refractivity contribution is -0.136. The molecule has 1 aromatic carbocycles. The van der Waals surface area contributed by atoms with Gasteiger partial charge in [-0.25, -0.2) is 4.98 Å². The van der Waals surface area contributed by atoms with Gasteiger partial charge in [-0.05, 0) is 47.0 Å². The molecule has 0 saturated heterocycles. The van der Waals surface area contributed by atoms with E-state index in [1.807, 2.05) is 23.6 Å². The molecule has 6 heteroatoms. The number of fused-ring (bicyclic) bond motifs is 3. The zero-order chi connectivity index (χ0) is 13.6. The van der Waals surface area contributed by atoms with Crippen LogP contribution in [-0.4, -0.2) is 25.4 Å². The second-order valence-electron chi connectivity index (χ2n) is 4.59. The van der Waals surface area contributed by atoms with Crippen LogP contribution in [0, 0.1) is 6.92 Å². The summed E-state index contributed by atoms with van der Waals surface area (Å²) < 4.78 is 2.93. The smallest absolute Gasteiger partial charge is 0.303 e. The molecular formula is C13H12BrN3O2. The van der Waals surface area contributed by atoms with Gasteiger partial charge in [0, 0.05) is 16.4 Å². The maximum absolute atomic E-state index is 10.6. The summed E-state index contributed by atoms with van der Waals surface area (Å²) in [6.07, 6.45) is 2.51. The van der Waals surface area contributed by atoms with E-state index >= 15 is 0 Å². The minimum absolute atomic E-state index is 0.115. The number of aromatic nitrogens is 3. The monoisotopic (exact) mass is 321 g/mol. The Labute approximate surface area is 117 Å². The Kier molecular flexibility index (Phi) is 2.82. The topological polar surface area (TPSA) is 70.4 Å². The normalized spacial score (nSPS) is 11.5. The first-order valence-corrected chi connectivity index (χ1v) is 6.71. The van der Waals surface area contributed by atoms with Gasteiger partial charge in [0.05, 0.1) is 11.9 Å². The van der Waals surface area contributed by atoms with E-state index in [0.29, 0.717) is 6.42 Å². The number of hydrogen-bond donors (Lipinski definition) is 2. The van der Waals surface area contributed by atoms with Gasteiger partial charge in [-0.1, -0.05) is 0 Å². The number of aromatic amines is 1. The number of hydrogen-bond acceptors (Lipinski definition) is 2. The summed E-state index contributed by atoms with van der Waals surface area (Å²) in [7, 11) is 0. The van der Waals surface area contributed by atoms with Gasteiger partial charge in [0.25, 0.3) is 0 Å². The molecule has 0 aliphatic rings. The summed E-state index contributed by atoms with van der Waals surface area (Å²) in [5, 5.41) is 8.70. The van der Waals surface area contributed by atoms with Crippen molar-refractivity contribution in [3.63, 3.8) is 0 Å². The highest BCUT2D eigenvalue weighted by atomic mass is 79.9. The Morgan fingerprint density at radius 1 is 1.53 bits per heavy atom. The third kappa shape index (κ3) is 2.12. The van der Waals surface area contributed by atoms with E-state index in [-0.39, 0.29) is 6.42 Å². The Morgan fingerprint density at radius 3 is 3.05 bits per heavy atom. The van der Waals surface area contributed by atoms with Crippen molar-refractivity contribution in [2.24, 2.45) is 0 Å².